The second kappa shape index (κ2) is 4.55. The number of rotatable bonds is 2. The monoisotopic (exact) mass is 214 g/mol. The van der Waals surface area contributed by atoms with Crippen LogP contribution in [0.5, 0.6) is 0 Å². The molecule has 4 nitrogen and oxygen atoms in total. The number of hydrogen-bond acceptors (Lipinski definition) is 3. The fourth-order valence-electron chi connectivity index (χ4n) is 1.30. The van der Waals surface area contributed by atoms with Gasteiger partial charge in [0.2, 0.25) is 0 Å². The molecule has 16 heavy (non-hydrogen) atoms. The van der Waals surface area contributed by atoms with Gasteiger partial charge in [-0.1, -0.05) is 18.2 Å². The molecule has 0 aliphatic heterocycles. The van der Waals surface area contributed by atoms with Gasteiger partial charge in [-0.2, -0.15) is 5.06 Å². The SMILES string of the molecule is O=C(c1ccccc1)N(O)c1cccnc1. The predicted octanol–water partition coefficient (Wildman–Crippen LogP) is 2.12. The molecule has 1 N–H and O–H groups in total. The van der Waals surface area contributed by atoms with Crippen molar-refractivity contribution < 1.29 is 10.0 Å². The van der Waals surface area contributed by atoms with Crippen LogP contribution >= 0.6 is 0 Å². The van der Waals surface area contributed by atoms with Crippen molar-refractivity contribution in [1.29, 1.82) is 0 Å². The number of amides is 1. The van der Waals surface area contributed by atoms with Gasteiger partial charge in [0.15, 0.2) is 0 Å². The maximum Gasteiger partial charge on any atom is 0.282 e. The van der Waals surface area contributed by atoms with Crippen LogP contribution in [0.15, 0.2) is 54.9 Å². The molecular formula is C12H10N2O2. The number of hydroxylamine groups is 1. The quantitative estimate of drug-likeness (QED) is 0.615. The molecule has 1 aromatic carbocycles. The average molecular weight is 214 g/mol. The summed E-state index contributed by atoms with van der Waals surface area (Å²) in [5.41, 5.74) is 0.769. The molecule has 0 fully saturated rings. The second-order valence-corrected chi connectivity index (χ2v) is 3.19. The summed E-state index contributed by atoms with van der Waals surface area (Å²) in [5.74, 6) is -0.478. The van der Waals surface area contributed by atoms with Gasteiger partial charge in [0, 0.05) is 11.8 Å². The molecule has 80 valence electrons. The highest BCUT2D eigenvalue weighted by molar-refractivity contribution is 6.04. The summed E-state index contributed by atoms with van der Waals surface area (Å²) < 4.78 is 0. The van der Waals surface area contributed by atoms with Gasteiger partial charge in [0.05, 0.1) is 11.9 Å². The van der Waals surface area contributed by atoms with E-state index in [9.17, 15) is 10.0 Å². The highest BCUT2D eigenvalue weighted by Crippen LogP contribution is 2.12. The van der Waals surface area contributed by atoms with E-state index in [0.717, 1.165) is 0 Å². The number of nitrogens with zero attached hydrogens (tertiary/aromatic N) is 2. The van der Waals surface area contributed by atoms with Crippen LogP contribution in [-0.4, -0.2) is 16.1 Å². The molecule has 2 rings (SSSR count). The molecule has 0 bridgehead atoms. The first-order valence-corrected chi connectivity index (χ1v) is 4.77. The Morgan fingerprint density at radius 3 is 2.50 bits per heavy atom. The van der Waals surface area contributed by atoms with E-state index in [0.29, 0.717) is 16.3 Å². The van der Waals surface area contributed by atoms with Crippen LogP contribution in [0, 0.1) is 0 Å². The van der Waals surface area contributed by atoms with E-state index in [2.05, 4.69) is 4.98 Å². The molecule has 0 saturated heterocycles. The van der Waals surface area contributed by atoms with Crippen molar-refractivity contribution >= 4 is 11.6 Å². The minimum absolute atomic E-state index is 0.344. The van der Waals surface area contributed by atoms with Crippen LogP contribution in [0.2, 0.25) is 0 Å². The van der Waals surface area contributed by atoms with Crippen LogP contribution in [0.4, 0.5) is 5.69 Å². The van der Waals surface area contributed by atoms with Crippen molar-refractivity contribution in [2.24, 2.45) is 0 Å². The molecule has 0 spiro atoms. The molecule has 0 atom stereocenters. The zero-order valence-corrected chi connectivity index (χ0v) is 8.45. The lowest BCUT2D eigenvalue weighted by atomic mass is 10.2. The molecular weight excluding hydrogens is 204 g/mol. The fraction of sp³-hybridized carbons (Fsp3) is 0. The van der Waals surface area contributed by atoms with Crippen molar-refractivity contribution in [3.05, 3.63) is 60.4 Å². The van der Waals surface area contributed by atoms with Crippen molar-refractivity contribution in [2.45, 2.75) is 0 Å². The van der Waals surface area contributed by atoms with Gasteiger partial charge in [-0.3, -0.25) is 15.0 Å². The van der Waals surface area contributed by atoms with Crippen LogP contribution < -0.4 is 5.06 Å². The van der Waals surface area contributed by atoms with E-state index in [1.165, 1.54) is 6.20 Å². The minimum Gasteiger partial charge on any atom is -0.281 e. The normalized spacial score (nSPS) is 9.81. The molecule has 0 radical (unpaired) electrons. The number of pyridine rings is 1. The number of carbonyl (C=O) groups excluding carboxylic acids is 1. The predicted molar refractivity (Wildman–Crippen MR) is 59.3 cm³/mol. The van der Waals surface area contributed by atoms with Crippen molar-refractivity contribution in [2.75, 3.05) is 5.06 Å². The summed E-state index contributed by atoms with van der Waals surface area (Å²) in [4.78, 5) is 15.6. The number of benzene rings is 1. The van der Waals surface area contributed by atoms with Gasteiger partial charge in [-0.25, -0.2) is 0 Å². The first kappa shape index (κ1) is 10.3. The van der Waals surface area contributed by atoms with Gasteiger partial charge in [-0.15, -0.1) is 0 Å². The fourth-order valence-corrected chi connectivity index (χ4v) is 1.30. The highest BCUT2D eigenvalue weighted by Gasteiger charge is 2.14. The Bertz CT molecular complexity index is 471. The summed E-state index contributed by atoms with van der Waals surface area (Å²) >= 11 is 0. The largest absolute Gasteiger partial charge is 0.282 e. The molecule has 1 amide bonds. The molecule has 2 aromatic rings. The van der Waals surface area contributed by atoms with Gasteiger partial charge < -0.3 is 0 Å². The second-order valence-electron chi connectivity index (χ2n) is 3.19. The Labute approximate surface area is 92.7 Å². The zero-order valence-electron chi connectivity index (χ0n) is 8.45. The number of aromatic nitrogens is 1. The third-order valence-electron chi connectivity index (χ3n) is 2.10. The molecule has 1 heterocycles. The van der Waals surface area contributed by atoms with Crippen LogP contribution in [0.3, 0.4) is 0 Å². The summed E-state index contributed by atoms with van der Waals surface area (Å²) in [6.45, 7) is 0. The Hall–Kier alpha value is -2.20. The van der Waals surface area contributed by atoms with Gasteiger partial charge in [0.25, 0.3) is 5.91 Å². The van der Waals surface area contributed by atoms with Crippen LogP contribution in [0.1, 0.15) is 10.4 Å². The zero-order chi connectivity index (χ0) is 11.4. The molecule has 0 aliphatic carbocycles. The number of anilines is 1. The lowest BCUT2D eigenvalue weighted by Crippen LogP contribution is -2.26. The van der Waals surface area contributed by atoms with E-state index in [-0.39, 0.29) is 0 Å². The first-order valence-electron chi connectivity index (χ1n) is 4.77. The van der Waals surface area contributed by atoms with Crippen molar-refractivity contribution in [3.63, 3.8) is 0 Å². The molecule has 0 unspecified atom stereocenters. The molecule has 1 aromatic heterocycles. The Morgan fingerprint density at radius 1 is 1.12 bits per heavy atom. The Balaban J connectivity index is 2.24. The maximum absolute atomic E-state index is 11.8. The van der Waals surface area contributed by atoms with E-state index in [1.54, 1.807) is 42.6 Å². The summed E-state index contributed by atoms with van der Waals surface area (Å²) in [6.07, 6.45) is 2.99. The summed E-state index contributed by atoms with van der Waals surface area (Å²) in [7, 11) is 0. The lowest BCUT2D eigenvalue weighted by Gasteiger charge is -2.13. The molecule has 4 heteroatoms. The van der Waals surface area contributed by atoms with Crippen LogP contribution in [-0.2, 0) is 0 Å². The molecule has 0 saturated carbocycles. The number of carbonyl (C=O) groups is 1. The maximum atomic E-state index is 11.8. The first-order chi connectivity index (χ1) is 7.79. The van der Waals surface area contributed by atoms with Gasteiger partial charge in [-0.05, 0) is 24.3 Å². The van der Waals surface area contributed by atoms with Crippen molar-refractivity contribution in [1.82, 2.24) is 4.98 Å². The van der Waals surface area contributed by atoms with E-state index < -0.39 is 5.91 Å². The third kappa shape index (κ3) is 2.07. The Kier molecular flexibility index (Phi) is 2.93. The van der Waals surface area contributed by atoms with Crippen molar-refractivity contribution in [3.8, 4) is 0 Å². The minimum atomic E-state index is -0.478. The van der Waals surface area contributed by atoms with E-state index >= 15 is 0 Å². The Morgan fingerprint density at radius 2 is 1.88 bits per heavy atom. The molecule has 0 aliphatic rings. The van der Waals surface area contributed by atoms with Gasteiger partial charge in [0.1, 0.15) is 0 Å². The smallest absolute Gasteiger partial charge is 0.281 e. The van der Waals surface area contributed by atoms with Gasteiger partial charge >= 0.3 is 0 Å². The van der Waals surface area contributed by atoms with E-state index in [4.69, 9.17) is 0 Å². The third-order valence-corrected chi connectivity index (χ3v) is 2.10. The summed E-state index contributed by atoms with van der Waals surface area (Å²) in [5, 5.41) is 10.3. The topological polar surface area (TPSA) is 53.4 Å². The standard InChI is InChI=1S/C12H10N2O2/c15-12(10-5-2-1-3-6-10)14(16)11-7-4-8-13-9-11/h1-9,16H. The highest BCUT2D eigenvalue weighted by atomic mass is 16.5. The van der Waals surface area contributed by atoms with Crippen LogP contribution in [0.25, 0.3) is 0 Å². The average Bonchev–Trinajstić information content (AvgIpc) is 2.39. The lowest BCUT2D eigenvalue weighted by molar-refractivity contribution is 0.0854. The summed E-state index contributed by atoms with van der Waals surface area (Å²) in [6, 6.07) is 11.8. The number of hydrogen-bond donors (Lipinski definition) is 1. The van der Waals surface area contributed by atoms with E-state index in [1.807, 2.05) is 6.07 Å².